The maximum Gasteiger partial charge on any atom is 0.273 e. The summed E-state index contributed by atoms with van der Waals surface area (Å²) in [6.07, 6.45) is 1.16. The van der Waals surface area contributed by atoms with Crippen LogP contribution in [0.25, 0.3) is 0 Å². The van der Waals surface area contributed by atoms with Crippen molar-refractivity contribution < 1.29 is 19.2 Å². The summed E-state index contributed by atoms with van der Waals surface area (Å²) in [4.78, 5) is 54.5. The van der Waals surface area contributed by atoms with Crippen LogP contribution in [0, 0.1) is 11.8 Å². The quantitative estimate of drug-likeness (QED) is 0.254. The van der Waals surface area contributed by atoms with E-state index < -0.39 is 35.6 Å². The average Bonchev–Trinajstić information content (AvgIpc) is 3.07. The molecule has 0 N–H and O–H groups in total. The maximum absolute atomic E-state index is 13.8. The van der Waals surface area contributed by atoms with Gasteiger partial charge in [-0.2, -0.15) is 5.01 Å². The second-order valence-electron chi connectivity index (χ2n) is 8.52. The van der Waals surface area contributed by atoms with Crippen LogP contribution in [0.3, 0.4) is 0 Å². The van der Waals surface area contributed by atoms with E-state index in [0.29, 0.717) is 23.4 Å². The van der Waals surface area contributed by atoms with Gasteiger partial charge in [-0.05, 0) is 43.5 Å². The highest BCUT2D eigenvalue weighted by atomic mass is 79.9. The number of hydrogen-bond acceptors (Lipinski definition) is 4. The van der Waals surface area contributed by atoms with Gasteiger partial charge in [-0.15, -0.1) is 0 Å². The van der Waals surface area contributed by atoms with Gasteiger partial charge in [0.2, 0.25) is 0 Å². The Hall–Kier alpha value is -2.03. The molecule has 6 nitrogen and oxygen atoms in total. The molecule has 2 aromatic rings. The van der Waals surface area contributed by atoms with E-state index in [1.54, 1.807) is 49.4 Å². The fourth-order valence-electron chi connectivity index (χ4n) is 4.65. The monoisotopic (exact) mass is 608 g/mol. The standard InChI is InChI=1S/C25H23Br2ClN2O4/c1-2-21(22(31)14-6-4-3-5-7-14)29(23(32)15-8-10-16(28)11-9-15)30-24(33)17-12-19(26)20(27)13-18(17)25(30)34/h3-11,17-21H,2,12-13H2,1H3/t17-,18+,19-,20-,21+/m0/s1. The van der Waals surface area contributed by atoms with E-state index in [-0.39, 0.29) is 27.4 Å². The maximum atomic E-state index is 13.8. The number of hydrogen-bond donors (Lipinski definition) is 0. The van der Waals surface area contributed by atoms with Gasteiger partial charge < -0.3 is 0 Å². The molecule has 1 saturated heterocycles. The highest BCUT2D eigenvalue weighted by Gasteiger charge is 2.56. The minimum Gasteiger partial charge on any atom is -0.292 e. The van der Waals surface area contributed by atoms with E-state index in [0.717, 1.165) is 10.0 Å². The molecule has 2 aliphatic rings. The summed E-state index contributed by atoms with van der Waals surface area (Å²) in [5.74, 6) is -2.91. The van der Waals surface area contributed by atoms with Crippen LogP contribution in [0.2, 0.25) is 5.02 Å². The van der Waals surface area contributed by atoms with Gasteiger partial charge in [-0.25, -0.2) is 5.01 Å². The number of ketones is 1. The first-order valence-electron chi connectivity index (χ1n) is 11.1. The zero-order valence-electron chi connectivity index (χ0n) is 18.4. The van der Waals surface area contributed by atoms with E-state index in [2.05, 4.69) is 31.9 Å². The second kappa shape index (κ2) is 10.3. The van der Waals surface area contributed by atoms with Crippen molar-refractivity contribution in [1.29, 1.82) is 0 Å². The minimum absolute atomic E-state index is 0.0267. The molecule has 1 saturated carbocycles. The highest BCUT2D eigenvalue weighted by Crippen LogP contribution is 2.44. The summed E-state index contributed by atoms with van der Waals surface area (Å²) in [7, 11) is 0. The molecular formula is C25H23Br2ClN2O4. The van der Waals surface area contributed by atoms with Gasteiger partial charge in [0.15, 0.2) is 5.78 Å². The normalized spacial score (nSPS) is 25.1. The van der Waals surface area contributed by atoms with E-state index in [4.69, 9.17) is 11.6 Å². The molecule has 0 spiro atoms. The fourth-order valence-corrected chi connectivity index (χ4v) is 6.01. The van der Waals surface area contributed by atoms with Gasteiger partial charge in [0.1, 0.15) is 6.04 Å². The average molecular weight is 611 g/mol. The van der Waals surface area contributed by atoms with Crippen LogP contribution < -0.4 is 0 Å². The van der Waals surface area contributed by atoms with Gasteiger partial charge >= 0.3 is 0 Å². The van der Waals surface area contributed by atoms with Crippen molar-refractivity contribution in [1.82, 2.24) is 10.0 Å². The SMILES string of the molecule is CC[C@H](C(=O)c1ccccc1)N(C(=O)c1ccc(Cl)cc1)N1C(=O)[C@H]2C[C@H](Br)[C@@H](Br)C[C@H]2C1=O. The lowest BCUT2D eigenvalue weighted by molar-refractivity contribution is -0.156. The summed E-state index contributed by atoms with van der Waals surface area (Å²) < 4.78 is 0. The highest BCUT2D eigenvalue weighted by molar-refractivity contribution is 9.12. The van der Waals surface area contributed by atoms with E-state index in [1.165, 1.54) is 12.1 Å². The van der Waals surface area contributed by atoms with Crippen molar-refractivity contribution in [2.45, 2.75) is 41.9 Å². The van der Waals surface area contributed by atoms with Crippen LogP contribution >= 0.6 is 43.5 Å². The summed E-state index contributed by atoms with van der Waals surface area (Å²) in [6.45, 7) is 1.76. The molecule has 4 rings (SSSR count). The number of hydrazine groups is 1. The predicted molar refractivity (Wildman–Crippen MR) is 136 cm³/mol. The van der Waals surface area contributed by atoms with Crippen LogP contribution in [0.15, 0.2) is 54.6 Å². The molecule has 1 aliphatic carbocycles. The molecule has 2 aromatic carbocycles. The van der Waals surface area contributed by atoms with E-state index in [9.17, 15) is 19.2 Å². The third-order valence-corrected chi connectivity index (χ3v) is 9.43. The lowest BCUT2D eigenvalue weighted by atomic mass is 9.81. The number of benzene rings is 2. The van der Waals surface area contributed by atoms with Crippen LogP contribution in [-0.4, -0.2) is 49.2 Å². The van der Waals surface area contributed by atoms with Gasteiger partial charge in [0, 0.05) is 25.8 Å². The number of imide groups is 1. The summed E-state index contributed by atoms with van der Waals surface area (Å²) in [5, 5.41) is 2.46. The van der Waals surface area contributed by atoms with E-state index >= 15 is 0 Å². The molecule has 5 atom stereocenters. The van der Waals surface area contributed by atoms with E-state index in [1.807, 2.05) is 0 Å². The Bertz CT molecular complexity index is 1080. The molecule has 0 unspecified atom stereocenters. The number of fused-ring (bicyclic) bond motifs is 1. The molecule has 0 bridgehead atoms. The van der Waals surface area contributed by atoms with Crippen LogP contribution in [0.4, 0.5) is 0 Å². The van der Waals surface area contributed by atoms with Gasteiger partial charge in [0.25, 0.3) is 17.7 Å². The molecule has 0 aromatic heterocycles. The summed E-state index contributed by atoms with van der Waals surface area (Å²) in [5.41, 5.74) is 0.636. The summed E-state index contributed by atoms with van der Waals surface area (Å²) >= 11 is 13.2. The fraction of sp³-hybridized carbons (Fsp3) is 0.360. The number of rotatable bonds is 6. The van der Waals surface area contributed by atoms with Crippen molar-refractivity contribution in [3.05, 3.63) is 70.7 Å². The third-order valence-electron chi connectivity index (χ3n) is 6.45. The minimum atomic E-state index is -1.03. The number of halogens is 3. The number of carbonyl (C=O) groups excluding carboxylic acids is 4. The lowest BCUT2D eigenvalue weighted by Crippen LogP contribution is -2.57. The molecule has 0 radical (unpaired) electrons. The second-order valence-corrected chi connectivity index (χ2v) is 11.3. The first kappa shape index (κ1) is 25.1. The number of carbonyl (C=O) groups is 4. The van der Waals surface area contributed by atoms with Crippen LogP contribution in [-0.2, 0) is 9.59 Å². The largest absolute Gasteiger partial charge is 0.292 e. The Balaban J connectivity index is 1.78. The van der Waals surface area contributed by atoms with Crippen molar-refractivity contribution in [2.24, 2.45) is 11.8 Å². The molecule has 1 aliphatic heterocycles. The van der Waals surface area contributed by atoms with Crippen LogP contribution in [0.1, 0.15) is 46.9 Å². The Morgan fingerprint density at radius 2 is 1.47 bits per heavy atom. The zero-order chi connectivity index (χ0) is 24.6. The first-order chi connectivity index (χ1) is 16.2. The Kier molecular flexibility index (Phi) is 7.60. The smallest absolute Gasteiger partial charge is 0.273 e. The topological polar surface area (TPSA) is 74.8 Å². The lowest BCUT2D eigenvalue weighted by Gasteiger charge is -2.36. The number of nitrogens with zero attached hydrogens (tertiary/aromatic N) is 2. The molecule has 34 heavy (non-hydrogen) atoms. The van der Waals surface area contributed by atoms with Crippen molar-refractivity contribution in [3.8, 4) is 0 Å². The summed E-state index contributed by atoms with van der Waals surface area (Å²) in [6, 6.07) is 13.7. The number of alkyl halides is 2. The van der Waals surface area contributed by atoms with Crippen molar-refractivity contribution >= 4 is 67.0 Å². The Morgan fingerprint density at radius 1 is 0.941 bits per heavy atom. The molecular weight excluding hydrogens is 588 g/mol. The van der Waals surface area contributed by atoms with Gasteiger partial charge in [0.05, 0.1) is 11.8 Å². The van der Waals surface area contributed by atoms with Crippen LogP contribution in [0.5, 0.6) is 0 Å². The number of amides is 3. The zero-order valence-corrected chi connectivity index (χ0v) is 22.3. The Morgan fingerprint density at radius 3 is 1.97 bits per heavy atom. The van der Waals surface area contributed by atoms with Crippen molar-refractivity contribution in [3.63, 3.8) is 0 Å². The molecule has 9 heteroatoms. The molecule has 178 valence electrons. The van der Waals surface area contributed by atoms with Crippen molar-refractivity contribution in [2.75, 3.05) is 0 Å². The van der Waals surface area contributed by atoms with Gasteiger partial charge in [-0.3, -0.25) is 19.2 Å². The predicted octanol–water partition coefficient (Wildman–Crippen LogP) is 5.28. The molecule has 3 amide bonds. The molecule has 1 heterocycles. The third kappa shape index (κ3) is 4.60. The Labute approximate surface area is 219 Å². The molecule has 2 fully saturated rings. The first-order valence-corrected chi connectivity index (χ1v) is 13.3. The number of Topliss-reactive ketones (excluding diaryl/α,β-unsaturated/α-hetero) is 1. The van der Waals surface area contributed by atoms with Gasteiger partial charge in [-0.1, -0.05) is 80.7 Å².